The maximum absolute atomic E-state index is 11.2. The van der Waals surface area contributed by atoms with Crippen LogP contribution in [-0.2, 0) is 20.9 Å². The molecule has 0 fully saturated rings. The first-order valence-electron chi connectivity index (χ1n) is 4.80. The lowest BCUT2D eigenvalue weighted by Gasteiger charge is -2.01. The standard InChI is InChI=1S/C12H13NO3/c1-16-12(15)8-7-11(14)13-9-10-5-3-2-4-6-10/h2-8H,9H2,1H3,(H,13,14)/b8-7-. The van der Waals surface area contributed by atoms with Gasteiger partial charge in [0.1, 0.15) is 0 Å². The van der Waals surface area contributed by atoms with Crippen molar-refractivity contribution in [2.45, 2.75) is 6.54 Å². The molecule has 0 aliphatic heterocycles. The molecule has 0 heterocycles. The number of nitrogens with one attached hydrogen (secondary N) is 1. The van der Waals surface area contributed by atoms with Crippen LogP contribution in [0.5, 0.6) is 0 Å². The Morgan fingerprint density at radius 1 is 1.25 bits per heavy atom. The molecule has 0 spiro atoms. The highest BCUT2D eigenvalue weighted by atomic mass is 16.5. The molecule has 4 heteroatoms. The second-order valence-corrected chi connectivity index (χ2v) is 3.06. The lowest BCUT2D eigenvalue weighted by atomic mass is 10.2. The van der Waals surface area contributed by atoms with Crippen LogP contribution in [0.15, 0.2) is 42.5 Å². The van der Waals surface area contributed by atoms with Gasteiger partial charge in [0, 0.05) is 18.7 Å². The minimum absolute atomic E-state index is 0.325. The van der Waals surface area contributed by atoms with Crippen molar-refractivity contribution in [1.29, 1.82) is 0 Å². The number of ether oxygens (including phenoxy) is 1. The van der Waals surface area contributed by atoms with E-state index in [-0.39, 0.29) is 5.91 Å². The zero-order chi connectivity index (χ0) is 11.8. The Kier molecular flexibility index (Phi) is 4.79. The van der Waals surface area contributed by atoms with Crippen molar-refractivity contribution in [2.75, 3.05) is 7.11 Å². The Hall–Kier alpha value is -2.10. The molecule has 1 N–H and O–H groups in total. The average Bonchev–Trinajstić information content (AvgIpc) is 2.34. The van der Waals surface area contributed by atoms with E-state index >= 15 is 0 Å². The van der Waals surface area contributed by atoms with Crippen LogP contribution in [0, 0.1) is 0 Å². The number of esters is 1. The van der Waals surface area contributed by atoms with Gasteiger partial charge in [-0.1, -0.05) is 30.3 Å². The number of amides is 1. The molecular weight excluding hydrogens is 206 g/mol. The molecule has 1 amide bonds. The molecule has 1 aromatic carbocycles. The van der Waals surface area contributed by atoms with Crippen molar-refractivity contribution in [1.82, 2.24) is 5.32 Å². The van der Waals surface area contributed by atoms with Crippen LogP contribution in [0.1, 0.15) is 5.56 Å². The monoisotopic (exact) mass is 219 g/mol. The first-order valence-corrected chi connectivity index (χ1v) is 4.80. The number of rotatable bonds is 4. The van der Waals surface area contributed by atoms with Crippen LogP contribution >= 0.6 is 0 Å². The van der Waals surface area contributed by atoms with Gasteiger partial charge in [0.25, 0.3) is 0 Å². The van der Waals surface area contributed by atoms with Gasteiger partial charge in [-0.05, 0) is 5.56 Å². The number of hydrogen-bond acceptors (Lipinski definition) is 3. The molecule has 0 aliphatic carbocycles. The lowest BCUT2D eigenvalue weighted by molar-refractivity contribution is -0.135. The second-order valence-electron chi connectivity index (χ2n) is 3.06. The lowest BCUT2D eigenvalue weighted by Crippen LogP contribution is -2.20. The van der Waals surface area contributed by atoms with Gasteiger partial charge in [0.2, 0.25) is 5.91 Å². The van der Waals surface area contributed by atoms with E-state index in [0.717, 1.165) is 17.7 Å². The van der Waals surface area contributed by atoms with Crippen molar-refractivity contribution in [2.24, 2.45) is 0 Å². The molecular formula is C12H13NO3. The Labute approximate surface area is 93.9 Å². The molecule has 0 aliphatic rings. The van der Waals surface area contributed by atoms with Gasteiger partial charge in [0.05, 0.1) is 7.11 Å². The summed E-state index contributed by atoms with van der Waals surface area (Å²) in [5, 5.41) is 2.64. The fraction of sp³-hybridized carbons (Fsp3) is 0.167. The second kappa shape index (κ2) is 6.40. The molecule has 4 nitrogen and oxygen atoms in total. The van der Waals surface area contributed by atoms with Gasteiger partial charge in [-0.25, -0.2) is 4.79 Å². The van der Waals surface area contributed by atoms with Gasteiger partial charge < -0.3 is 10.1 Å². The van der Waals surface area contributed by atoms with Gasteiger partial charge in [-0.15, -0.1) is 0 Å². The quantitative estimate of drug-likeness (QED) is 0.608. The van der Waals surface area contributed by atoms with Gasteiger partial charge in [-0.3, -0.25) is 4.79 Å². The predicted molar refractivity (Wildman–Crippen MR) is 59.4 cm³/mol. The molecule has 16 heavy (non-hydrogen) atoms. The van der Waals surface area contributed by atoms with E-state index < -0.39 is 5.97 Å². The minimum atomic E-state index is -0.546. The maximum Gasteiger partial charge on any atom is 0.330 e. The predicted octanol–water partition coefficient (Wildman–Crippen LogP) is 1.03. The Morgan fingerprint density at radius 2 is 1.94 bits per heavy atom. The summed E-state index contributed by atoms with van der Waals surface area (Å²) >= 11 is 0. The number of carbonyl (C=O) groups is 2. The van der Waals surface area contributed by atoms with E-state index in [0.29, 0.717) is 6.54 Å². The van der Waals surface area contributed by atoms with E-state index in [9.17, 15) is 9.59 Å². The third-order valence-corrected chi connectivity index (χ3v) is 1.88. The fourth-order valence-corrected chi connectivity index (χ4v) is 1.06. The summed E-state index contributed by atoms with van der Waals surface area (Å²) in [5.41, 5.74) is 1.00. The average molecular weight is 219 g/mol. The van der Waals surface area contributed by atoms with Crippen molar-refractivity contribution in [3.05, 3.63) is 48.0 Å². The first kappa shape index (κ1) is 12.0. The number of carbonyl (C=O) groups excluding carboxylic acids is 2. The summed E-state index contributed by atoms with van der Waals surface area (Å²) in [6.07, 6.45) is 2.23. The number of methoxy groups -OCH3 is 1. The molecule has 0 unspecified atom stereocenters. The van der Waals surface area contributed by atoms with Crippen molar-refractivity contribution in [3.8, 4) is 0 Å². The first-order chi connectivity index (χ1) is 7.72. The Bertz CT molecular complexity index is 385. The zero-order valence-corrected chi connectivity index (χ0v) is 8.97. The molecule has 0 atom stereocenters. The molecule has 0 bridgehead atoms. The number of benzene rings is 1. The fourth-order valence-electron chi connectivity index (χ4n) is 1.06. The zero-order valence-electron chi connectivity index (χ0n) is 8.97. The highest BCUT2D eigenvalue weighted by molar-refractivity contribution is 5.94. The van der Waals surface area contributed by atoms with Crippen LogP contribution in [0.2, 0.25) is 0 Å². The minimum Gasteiger partial charge on any atom is -0.466 e. The van der Waals surface area contributed by atoms with Crippen molar-refractivity contribution in [3.63, 3.8) is 0 Å². The summed E-state index contributed by atoms with van der Waals surface area (Å²) in [6.45, 7) is 0.436. The summed E-state index contributed by atoms with van der Waals surface area (Å²) in [4.78, 5) is 21.9. The van der Waals surface area contributed by atoms with Gasteiger partial charge in [-0.2, -0.15) is 0 Å². The van der Waals surface area contributed by atoms with Gasteiger partial charge in [0.15, 0.2) is 0 Å². The van der Waals surface area contributed by atoms with E-state index in [2.05, 4.69) is 10.1 Å². The topological polar surface area (TPSA) is 55.4 Å². The largest absolute Gasteiger partial charge is 0.466 e. The highest BCUT2D eigenvalue weighted by Crippen LogP contribution is 1.96. The van der Waals surface area contributed by atoms with Crippen LogP contribution < -0.4 is 5.32 Å². The molecule has 0 saturated heterocycles. The van der Waals surface area contributed by atoms with E-state index in [1.807, 2.05) is 30.3 Å². The summed E-state index contributed by atoms with van der Waals surface area (Å²) in [5.74, 6) is -0.871. The number of hydrogen-bond donors (Lipinski definition) is 1. The van der Waals surface area contributed by atoms with Crippen LogP contribution in [0.3, 0.4) is 0 Å². The molecule has 0 radical (unpaired) electrons. The van der Waals surface area contributed by atoms with Crippen LogP contribution in [0.4, 0.5) is 0 Å². The van der Waals surface area contributed by atoms with E-state index in [4.69, 9.17) is 0 Å². The molecule has 0 aromatic heterocycles. The SMILES string of the molecule is COC(=O)/C=C\C(=O)NCc1ccccc1. The normalized spacial score (nSPS) is 10.1. The van der Waals surface area contributed by atoms with E-state index in [1.54, 1.807) is 0 Å². The molecule has 1 rings (SSSR count). The third-order valence-electron chi connectivity index (χ3n) is 1.88. The summed E-state index contributed by atoms with van der Waals surface area (Å²) < 4.78 is 4.36. The Morgan fingerprint density at radius 3 is 2.56 bits per heavy atom. The highest BCUT2D eigenvalue weighted by Gasteiger charge is 1.97. The van der Waals surface area contributed by atoms with E-state index in [1.165, 1.54) is 7.11 Å². The van der Waals surface area contributed by atoms with Crippen LogP contribution in [0.25, 0.3) is 0 Å². The summed E-state index contributed by atoms with van der Waals surface area (Å²) in [7, 11) is 1.26. The summed E-state index contributed by atoms with van der Waals surface area (Å²) in [6, 6.07) is 9.51. The molecule has 1 aromatic rings. The van der Waals surface area contributed by atoms with Crippen LogP contribution in [-0.4, -0.2) is 19.0 Å². The van der Waals surface area contributed by atoms with Crippen molar-refractivity contribution < 1.29 is 14.3 Å². The molecule has 84 valence electrons. The maximum atomic E-state index is 11.2. The smallest absolute Gasteiger partial charge is 0.330 e. The molecule has 0 saturated carbocycles. The Balaban J connectivity index is 2.36. The van der Waals surface area contributed by atoms with Crippen molar-refractivity contribution >= 4 is 11.9 Å². The third kappa shape index (κ3) is 4.41. The van der Waals surface area contributed by atoms with Gasteiger partial charge >= 0.3 is 5.97 Å².